The molecule has 0 spiro atoms. The van der Waals surface area contributed by atoms with E-state index in [2.05, 4.69) is 15.8 Å². The fourth-order valence-electron chi connectivity index (χ4n) is 2.24. The molecule has 0 heterocycles. The first kappa shape index (κ1) is 19.3. The first-order valence-corrected chi connectivity index (χ1v) is 8.06. The third-order valence-electron chi connectivity index (χ3n) is 3.42. The minimum absolute atomic E-state index is 0.332. The molecule has 0 aromatic heterocycles. The number of para-hydroxylation sites is 2. The van der Waals surface area contributed by atoms with Crippen molar-refractivity contribution in [3.63, 3.8) is 0 Å². The maximum atomic E-state index is 5.31. The van der Waals surface area contributed by atoms with E-state index in [-0.39, 0.29) is 0 Å². The molecule has 2 rings (SSSR count). The van der Waals surface area contributed by atoms with Gasteiger partial charge in [-0.25, -0.2) is 0 Å². The Kier molecular flexibility index (Phi) is 7.04. The molecule has 26 heavy (non-hydrogen) atoms. The van der Waals surface area contributed by atoms with Crippen LogP contribution in [0.25, 0.3) is 0 Å². The fraction of sp³-hybridized carbons (Fsp3) is 0.222. The summed E-state index contributed by atoms with van der Waals surface area (Å²) in [6, 6.07) is 11.0. The zero-order valence-corrected chi connectivity index (χ0v) is 15.8. The number of methoxy groups -OCH3 is 4. The molecule has 2 N–H and O–H groups in total. The number of hydrazone groups is 1. The number of thiocarbonyl (C=S) groups is 1. The van der Waals surface area contributed by atoms with Crippen LogP contribution in [0.1, 0.15) is 5.56 Å². The number of ether oxygens (including phenoxy) is 4. The van der Waals surface area contributed by atoms with Crippen LogP contribution in [0.2, 0.25) is 0 Å². The Balaban J connectivity index is 2.07. The number of nitrogens with zero attached hydrogens (tertiary/aromatic N) is 1. The third kappa shape index (κ3) is 4.76. The van der Waals surface area contributed by atoms with E-state index in [9.17, 15) is 0 Å². The van der Waals surface area contributed by atoms with Gasteiger partial charge in [-0.2, -0.15) is 5.10 Å². The molecule has 0 fully saturated rings. The molecular formula is C18H21N3O4S. The minimum Gasteiger partial charge on any atom is -0.495 e. The Morgan fingerprint density at radius 1 is 0.923 bits per heavy atom. The van der Waals surface area contributed by atoms with Gasteiger partial charge < -0.3 is 24.3 Å². The summed E-state index contributed by atoms with van der Waals surface area (Å²) in [7, 11) is 6.27. The average Bonchev–Trinajstić information content (AvgIpc) is 2.67. The normalized spacial score (nSPS) is 10.3. The second-order valence-electron chi connectivity index (χ2n) is 4.98. The van der Waals surface area contributed by atoms with Gasteiger partial charge >= 0.3 is 0 Å². The van der Waals surface area contributed by atoms with Crippen LogP contribution in [0.5, 0.6) is 23.0 Å². The van der Waals surface area contributed by atoms with E-state index in [1.165, 1.54) is 0 Å². The van der Waals surface area contributed by atoms with Gasteiger partial charge in [0, 0.05) is 5.56 Å². The maximum Gasteiger partial charge on any atom is 0.203 e. The SMILES string of the molecule is COc1ccccc1NC(=S)NN=Cc1cc(OC)c(OC)c(OC)c1. The molecule has 0 saturated carbocycles. The standard InChI is InChI=1S/C18H21N3O4S/c1-22-14-8-6-5-7-13(14)20-18(26)21-19-11-12-9-15(23-2)17(25-4)16(10-12)24-3/h5-11H,1-4H3,(H2,20,21,26). The van der Waals surface area contributed by atoms with Crippen molar-refractivity contribution in [1.29, 1.82) is 0 Å². The average molecular weight is 375 g/mol. The summed E-state index contributed by atoms with van der Waals surface area (Å²) in [5.41, 5.74) is 4.26. The lowest BCUT2D eigenvalue weighted by Crippen LogP contribution is -2.24. The molecule has 0 unspecified atom stereocenters. The van der Waals surface area contributed by atoms with E-state index in [0.717, 1.165) is 11.3 Å². The van der Waals surface area contributed by atoms with Gasteiger partial charge in [0.1, 0.15) is 5.75 Å². The number of nitrogens with one attached hydrogen (secondary N) is 2. The summed E-state index contributed by atoms with van der Waals surface area (Å²) >= 11 is 5.23. The van der Waals surface area contributed by atoms with Crippen molar-refractivity contribution in [3.8, 4) is 23.0 Å². The number of anilines is 1. The monoisotopic (exact) mass is 375 g/mol. The van der Waals surface area contributed by atoms with Crippen LogP contribution < -0.4 is 29.7 Å². The number of rotatable bonds is 7. The molecule has 0 atom stereocenters. The summed E-state index contributed by atoms with van der Waals surface area (Å²) in [6.07, 6.45) is 1.60. The van der Waals surface area contributed by atoms with Crippen molar-refractivity contribution in [2.75, 3.05) is 33.8 Å². The van der Waals surface area contributed by atoms with Gasteiger partial charge in [-0.15, -0.1) is 0 Å². The quantitative estimate of drug-likeness (QED) is 0.438. The minimum atomic E-state index is 0.332. The topological polar surface area (TPSA) is 73.3 Å². The molecule has 0 aliphatic rings. The van der Waals surface area contributed by atoms with Crippen LogP contribution in [0.15, 0.2) is 41.5 Å². The van der Waals surface area contributed by atoms with Crippen molar-refractivity contribution in [3.05, 3.63) is 42.0 Å². The summed E-state index contributed by atoms with van der Waals surface area (Å²) < 4.78 is 21.2. The van der Waals surface area contributed by atoms with E-state index >= 15 is 0 Å². The Hall–Kier alpha value is -3.00. The number of hydrogen-bond donors (Lipinski definition) is 2. The highest BCUT2D eigenvalue weighted by atomic mass is 32.1. The smallest absolute Gasteiger partial charge is 0.203 e. The Bertz CT molecular complexity index is 771. The Morgan fingerprint density at radius 3 is 2.12 bits per heavy atom. The van der Waals surface area contributed by atoms with Crippen molar-refractivity contribution in [1.82, 2.24) is 5.43 Å². The van der Waals surface area contributed by atoms with Crippen LogP contribution in [0.4, 0.5) is 5.69 Å². The number of benzene rings is 2. The van der Waals surface area contributed by atoms with E-state index in [1.54, 1.807) is 46.8 Å². The molecule has 0 saturated heterocycles. The number of hydrogen-bond acceptors (Lipinski definition) is 6. The van der Waals surface area contributed by atoms with Gasteiger partial charge in [-0.1, -0.05) is 12.1 Å². The van der Waals surface area contributed by atoms with Gasteiger partial charge in [0.25, 0.3) is 0 Å². The van der Waals surface area contributed by atoms with Crippen molar-refractivity contribution < 1.29 is 18.9 Å². The lowest BCUT2D eigenvalue weighted by Gasteiger charge is -2.13. The lowest BCUT2D eigenvalue weighted by molar-refractivity contribution is 0.324. The molecule has 2 aromatic carbocycles. The first-order valence-electron chi connectivity index (χ1n) is 7.66. The van der Waals surface area contributed by atoms with Gasteiger partial charge in [0.2, 0.25) is 5.75 Å². The van der Waals surface area contributed by atoms with E-state index in [4.69, 9.17) is 31.2 Å². The zero-order chi connectivity index (χ0) is 18.9. The first-order chi connectivity index (χ1) is 12.6. The van der Waals surface area contributed by atoms with E-state index < -0.39 is 0 Å². The molecule has 7 nitrogen and oxygen atoms in total. The summed E-state index contributed by atoms with van der Waals surface area (Å²) in [5, 5.41) is 7.48. The third-order valence-corrected chi connectivity index (χ3v) is 3.62. The highest BCUT2D eigenvalue weighted by molar-refractivity contribution is 7.80. The molecule has 138 valence electrons. The van der Waals surface area contributed by atoms with E-state index in [0.29, 0.717) is 28.1 Å². The molecule has 0 aliphatic carbocycles. The van der Waals surface area contributed by atoms with Gasteiger partial charge in [0.05, 0.1) is 40.3 Å². The molecule has 0 aliphatic heterocycles. The van der Waals surface area contributed by atoms with Gasteiger partial charge in [0.15, 0.2) is 16.6 Å². The molecule has 2 aromatic rings. The highest BCUT2D eigenvalue weighted by Gasteiger charge is 2.12. The largest absolute Gasteiger partial charge is 0.495 e. The summed E-state index contributed by atoms with van der Waals surface area (Å²) in [6.45, 7) is 0. The van der Waals surface area contributed by atoms with E-state index in [1.807, 2.05) is 24.3 Å². The molecule has 0 radical (unpaired) electrons. The molecular weight excluding hydrogens is 354 g/mol. The predicted octanol–water partition coefficient (Wildman–Crippen LogP) is 3.04. The summed E-state index contributed by atoms with van der Waals surface area (Å²) in [4.78, 5) is 0. The molecule has 8 heteroatoms. The van der Waals surface area contributed by atoms with Gasteiger partial charge in [-0.3, -0.25) is 5.43 Å². The van der Waals surface area contributed by atoms with Crippen molar-refractivity contribution >= 4 is 29.2 Å². The second-order valence-corrected chi connectivity index (χ2v) is 5.39. The summed E-state index contributed by atoms with van der Waals surface area (Å²) in [5.74, 6) is 2.30. The molecule has 0 bridgehead atoms. The van der Waals surface area contributed by atoms with Gasteiger partial charge in [-0.05, 0) is 36.5 Å². The van der Waals surface area contributed by atoms with Crippen LogP contribution >= 0.6 is 12.2 Å². The maximum absolute atomic E-state index is 5.31. The van der Waals surface area contributed by atoms with Crippen LogP contribution in [0, 0.1) is 0 Å². The van der Waals surface area contributed by atoms with Crippen LogP contribution in [-0.4, -0.2) is 39.8 Å². The Labute approximate surface area is 157 Å². The predicted molar refractivity (Wildman–Crippen MR) is 106 cm³/mol. The zero-order valence-electron chi connectivity index (χ0n) is 15.0. The van der Waals surface area contributed by atoms with Crippen LogP contribution in [0.3, 0.4) is 0 Å². The highest BCUT2D eigenvalue weighted by Crippen LogP contribution is 2.37. The second kappa shape index (κ2) is 9.47. The molecule has 0 amide bonds. The fourth-order valence-corrected chi connectivity index (χ4v) is 2.40. The lowest BCUT2D eigenvalue weighted by atomic mass is 10.2. The van der Waals surface area contributed by atoms with Crippen molar-refractivity contribution in [2.45, 2.75) is 0 Å². The Morgan fingerprint density at radius 2 is 1.54 bits per heavy atom. The van der Waals surface area contributed by atoms with Crippen molar-refractivity contribution in [2.24, 2.45) is 5.10 Å². The van der Waals surface area contributed by atoms with Crippen LogP contribution in [-0.2, 0) is 0 Å².